The van der Waals surface area contributed by atoms with E-state index < -0.39 is 0 Å². The van der Waals surface area contributed by atoms with Crippen LogP contribution in [0.1, 0.15) is 57.4 Å². The summed E-state index contributed by atoms with van der Waals surface area (Å²) in [4.78, 5) is 26.5. The van der Waals surface area contributed by atoms with Crippen LogP contribution in [-0.4, -0.2) is 46.8 Å². The normalized spacial score (nSPS) is 16.3. The first-order chi connectivity index (χ1) is 14.1. The number of ether oxygens (including phenoxy) is 1. The van der Waals surface area contributed by atoms with E-state index in [0.717, 1.165) is 37.2 Å². The Labute approximate surface area is 171 Å². The van der Waals surface area contributed by atoms with E-state index in [0.29, 0.717) is 30.3 Å². The van der Waals surface area contributed by atoms with Gasteiger partial charge in [-0.1, -0.05) is 12.1 Å². The van der Waals surface area contributed by atoms with Crippen LogP contribution in [0.4, 0.5) is 0 Å². The Morgan fingerprint density at radius 2 is 2.00 bits per heavy atom. The maximum Gasteiger partial charge on any atom is 0.337 e. The lowest BCUT2D eigenvalue weighted by Gasteiger charge is -2.27. The summed E-state index contributed by atoms with van der Waals surface area (Å²) in [6, 6.07) is 7.51. The fourth-order valence-electron chi connectivity index (χ4n) is 3.93. The zero-order valence-corrected chi connectivity index (χ0v) is 17.1. The molecule has 1 aromatic heterocycles. The molecule has 1 N–H and O–H groups in total. The third kappa shape index (κ3) is 4.34. The Morgan fingerprint density at radius 1 is 1.24 bits per heavy atom. The molecule has 2 aromatic rings. The van der Waals surface area contributed by atoms with Gasteiger partial charge in [0.25, 0.3) is 5.91 Å². The van der Waals surface area contributed by atoms with E-state index in [1.54, 1.807) is 12.1 Å². The first-order valence-electron chi connectivity index (χ1n) is 10.4. The fraction of sp³-hybridized carbons (Fsp3) is 0.500. The standard InChI is InChI=1S/C22H28N4O3/c1-3-23-21(27)20-18-14-25(11-10-19(18)26(24-20)13-16-4-5-16)12-15-6-8-17(9-7-15)22(28)29-2/h6-9,16H,3-5,10-14H2,1-2H3,(H,23,27). The maximum atomic E-state index is 12.6. The number of aromatic nitrogens is 2. The molecule has 2 heterocycles. The van der Waals surface area contributed by atoms with E-state index >= 15 is 0 Å². The van der Waals surface area contributed by atoms with Gasteiger partial charge in [0.15, 0.2) is 5.69 Å². The van der Waals surface area contributed by atoms with Crippen molar-refractivity contribution in [1.29, 1.82) is 0 Å². The van der Waals surface area contributed by atoms with Gasteiger partial charge in [0.1, 0.15) is 0 Å². The van der Waals surface area contributed by atoms with Crippen molar-refractivity contribution < 1.29 is 14.3 Å². The molecule has 1 amide bonds. The van der Waals surface area contributed by atoms with E-state index in [9.17, 15) is 9.59 Å². The van der Waals surface area contributed by atoms with Crippen LogP contribution in [-0.2, 0) is 30.8 Å². The molecule has 0 unspecified atom stereocenters. The highest BCUT2D eigenvalue weighted by atomic mass is 16.5. The average Bonchev–Trinajstić information content (AvgIpc) is 3.48. The third-order valence-corrected chi connectivity index (χ3v) is 5.67. The summed E-state index contributed by atoms with van der Waals surface area (Å²) >= 11 is 0. The molecule has 7 nitrogen and oxygen atoms in total. The molecule has 4 rings (SSSR count). The summed E-state index contributed by atoms with van der Waals surface area (Å²) in [5, 5.41) is 7.60. The number of fused-ring (bicyclic) bond motifs is 1. The molecule has 1 saturated carbocycles. The zero-order chi connectivity index (χ0) is 20.4. The molecule has 154 valence electrons. The average molecular weight is 396 g/mol. The summed E-state index contributed by atoms with van der Waals surface area (Å²) < 4.78 is 6.84. The number of carbonyl (C=O) groups excluding carboxylic acids is 2. The van der Waals surface area contributed by atoms with Crippen LogP contribution >= 0.6 is 0 Å². The van der Waals surface area contributed by atoms with Crippen LogP contribution in [0, 0.1) is 5.92 Å². The predicted octanol–water partition coefficient (Wildman–Crippen LogP) is 2.39. The van der Waals surface area contributed by atoms with Crippen molar-refractivity contribution in [2.45, 2.75) is 45.8 Å². The number of hydrogen-bond donors (Lipinski definition) is 1. The van der Waals surface area contributed by atoms with Crippen LogP contribution in [0.2, 0.25) is 0 Å². The molecule has 0 saturated heterocycles. The highest BCUT2D eigenvalue weighted by Gasteiger charge is 2.30. The minimum Gasteiger partial charge on any atom is -0.465 e. The quantitative estimate of drug-likeness (QED) is 0.728. The number of benzene rings is 1. The molecule has 2 aliphatic rings. The highest BCUT2D eigenvalue weighted by Crippen LogP contribution is 2.32. The van der Waals surface area contributed by atoms with Gasteiger partial charge in [0.05, 0.1) is 12.7 Å². The van der Waals surface area contributed by atoms with E-state index in [4.69, 9.17) is 9.84 Å². The summed E-state index contributed by atoms with van der Waals surface area (Å²) in [6.07, 6.45) is 3.42. The number of methoxy groups -OCH3 is 1. The van der Waals surface area contributed by atoms with Gasteiger partial charge in [-0.2, -0.15) is 5.10 Å². The third-order valence-electron chi connectivity index (χ3n) is 5.67. The van der Waals surface area contributed by atoms with Gasteiger partial charge in [-0.15, -0.1) is 0 Å². The van der Waals surface area contributed by atoms with Gasteiger partial charge >= 0.3 is 5.97 Å². The Hall–Kier alpha value is -2.67. The number of esters is 1. The highest BCUT2D eigenvalue weighted by molar-refractivity contribution is 5.94. The molecular formula is C22H28N4O3. The summed E-state index contributed by atoms with van der Waals surface area (Å²) in [5.74, 6) is 0.309. The Kier molecular flexibility index (Phi) is 5.67. The molecule has 0 spiro atoms. The largest absolute Gasteiger partial charge is 0.465 e. The molecule has 7 heteroatoms. The molecule has 1 aromatic carbocycles. The van der Waals surface area contributed by atoms with Gasteiger partial charge in [-0.25, -0.2) is 4.79 Å². The van der Waals surface area contributed by atoms with Crippen molar-refractivity contribution in [3.8, 4) is 0 Å². The SMILES string of the molecule is CCNC(=O)c1nn(CC2CC2)c2c1CN(Cc1ccc(C(=O)OC)cc1)CC2. The van der Waals surface area contributed by atoms with Crippen LogP contribution in [0.5, 0.6) is 0 Å². The van der Waals surface area contributed by atoms with Crippen molar-refractivity contribution in [2.75, 3.05) is 20.2 Å². The first-order valence-corrected chi connectivity index (χ1v) is 10.4. The van der Waals surface area contributed by atoms with Crippen molar-refractivity contribution >= 4 is 11.9 Å². The van der Waals surface area contributed by atoms with Crippen LogP contribution in [0.15, 0.2) is 24.3 Å². The van der Waals surface area contributed by atoms with E-state index in [1.807, 2.05) is 19.1 Å². The van der Waals surface area contributed by atoms with E-state index in [2.05, 4.69) is 14.9 Å². The molecule has 0 radical (unpaired) electrons. The predicted molar refractivity (Wildman–Crippen MR) is 109 cm³/mol. The second-order valence-electron chi connectivity index (χ2n) is 7.91. The van der Waals surface area contributed by atoms with E-state index in [-0.39, 0.29) is 11.9 Å². The summed E-state index contributed by atoms with van der Waals surface area (Å²) in [5.41, 5.74) is 4.54. The fourth-order valence-corrected chi connectivity index (χ4v) is 3.93. The number of carbonyl (C=O) groups is 2. The summed E-state index contributed by atoms with van der Waals surface area (Å²) in [6.45, 7) is 5.86. The molecule has 1 aliphatic heterocycles. The summed E-state index contributed by atoms with van der Waals surface area (Å²) in [7, 11) is 1.39. The molecule has 0 bridgehead atoms. The number of nitrogens with one attached hydrogen (secondary N) is 1. The van der Waals surface area contributed by atoms with Gasteiger partial charge in [0, 0.05) is 50.4 Å². The van der Waals surface area contributed by atoms with Gasteiger partial charge in [-0.05, 0) is 43.4 Å². The Bertz CT molecular complexity index is 900. The van der Waals surface area contributed by atoms with Crippen LogP contribution < -0.4 is 5.32 Å². The van der Waals surface area contributed by atoms with Crippen LogP contribution in [0.25, 0.3) is 0 Å². The lowest BCUT2D eigenvalue weighted by atomic mass is 10.0. The number of nitrogens with zero attached hydrogens (tertiary/aromatic N) is 3. The molecule has 1 aliphatic carbocycles. The van der Waals surface area contributed by atoms with Crippen LogP contribution in [0.3, 0.4) is 0 Å². The second kappa shape index (κ2) is 8.37. The van der Waals surface area contributed by atoms with Gasteiger partial charge in [-0.3, -0.25) is 14.4 Å². The van der Waals surface area contributed by atoms with Gasteiger partial charge in [0.2, 0.25) is 0 Å². The Balaban J connectivity index is 1.51. The lowest BCUT2D eigenvalue weighted by molar-refractivity contribution is 0.0600. The van der Waals surface area contributed by atoms with Crippen molar-refractivity contribution in [3.05, 3.63) is 52.3 Å². The van der Waals surface area contributed by atoms with Gasteiger partial charge < -0.3 is 10.1 Å². The maximum absolute atomic E-state index is 12.6. The van der Waals surface area contributed by atoms with Crippen molar-refractivity contribution in [3.63, 3.8) is 0 Å². The lowest BCUT2D eigenvalue weighted by Crippen LogP contribution is -2.32. The zero-order valence-electron chi connectivity index (χ0n) is 17.1. The second-order valence-corrected chi connectivity index (χ2v) is 7.91. The molecule has 1 fully saturated rings. The molecular weight excluding hydrogens is 368 g/mol. The minimum absolute atomic E-state index is 0.0809. The number of rotatable bonds is 7. The number of amides is 1. The molecule has 29 heavy (non-hydrogen) atoms. The molecule has 0 atom stereocenters. The number of hydrogen-bond acceptors (Lipinski definition) is 5. The smallest absolute Gasteiger partial charge is 0.337 e. The first kappa shape index (κ1) is 19.6. The van der Waals surface area contributed by atoms with E-state index in [1.165, 1.54) is 25.6 Å². The minimum atomic E-state index is -0.325. The Morgan fingerprint density at radius 3 is 2.66 bits per heavy atom. The monoisotopic (exact) mass is 396 g/mol. The van der Waals surface area contributed by atoms with Crippen molar-refractivity contribution in [2.24, 2.45) is 5.92 Å². The van der Waals surface area contributed by atoms with Crippen molar-refractivity contribution in [1.82, 2.24) is 20.0 Å². The topological polar surface area (TPSA) is 76.5 Å².